The lowest BCUT2D eigenvalue weighted by Gasteiger charge is -2.21. The molecule has 0 fully saturated rings. The maximum absolute atomic E-state index is 13.1. The number of unbranched alkanes of at least 4 members (excludes halogenated alkanes) is 46. The molecule has 0 aromatic heterocycles. The Balaban J connectivity index is 5.23. The van der Waals surface area contributed by atoms with Crippen molar-refractivity contribution in [3.8, 4) is 0 Å². The van der Waals surface area contributed by atoms with Gasteiger partial charge in [0.1, 0.15) is 19.3 Å². The van der Waals surface area contributed by atoms with Gasteiger partial charge in [0.15, 0.2) is 12.2 Å². The molecule has 0 amide bonds. The summed E-state index contributed by atoms with van der Waals surface area (Å²) in [5, 5.41) is 10.7. The largest absolute Gasteiger partial charge is 0.472 e. The number of ether oxygens (including phenoxy) is 4. The summed E-state index contributed by atoms with van der Waals surface area (Å²) in [6, 6.07) is 0. The Hall–Kier alpha value is -1.94. The van der Waals surface area contributed by atoms with Crippen LogP contribution in [0, 0.1) is 23.7 Å². The highest BCUT2D eigenvalue weighted by Crippen LogP contribution is 2.45. The van der Waals surface area contributed by atoms with Crippen molar-refractivity contribution in [2.24, 2.45) is 23.7 Å². The SMILES string of the molecule is CCC(C)CCCCCCCCCCCCCCCCC(=O)O[C@H](COC(=O)CCCCCCCCCC(C)C)COP(=O)(O)OCC(O)COP(=O)(O)OC[C@@H](COC(=O)CCCCCCCCCCCCCCCCCCC(C)C)OC(=O)CCCCCCCCCCCCCCCC(C)C. The number of phosphoric acid groups is 2. The lowest BCUT2D eigenvalue weighted by atomic mass is 9.99. The van der Waals surface area contributed by atoms with Gasteiger partial charge < -0.3 is 33.8 Å². The summed E-state index contributed by atoms with van der Waals surface area (Å²) in [5.74, 6) is 1.04. The molecule has 6 atom stereocenters. The molecule has 0 aliphatic rings. The minimum absolute atomic E-state index is 0.107. The Morgan fingerprint density at radius 1 is 0.272 bits per heavy atom. The lowest BCUT2D eigenvalue weighted by molar-refractivity contribution is -0.161. The van der Waals surface area contributed by atoms with Gasteiger partial charge in [0.2, 0.25) is 0 Å². The number of aliphatic hydroxyl groups is 1. The van der Waals surface area contributed by atoms with E-state index in [0.717, 1.165) is 114 Å². The molecule has 19 heteroatoms. The van der Waals surface area contributed by atoms with Crippen molar-refractivity contribution in [2.75, 3.05) is 39.6 Å². The molecule has 0 spiro atoms. The summed E-state index contributed by atoms with van der Waals surface area (Å²) in [4.78, 5) is 73.1. The van der Waals surface area contributed by atoms with Crippen LogP contribution in [0.25, 0.3) is 0 Å². The minimum Gasteiger partial charge on any atom is -0.462 e. The van der Waals surface area contributed by atoms with Crippen LogP contribution in [0.15, 0.2) is 0 Å². The monoisotopic (exact) mass is 1510 g/mol. The van der Waals surface area contributed by atoms with Crippen LogP contribution in [0.4, 0.5) is 0 Å². The van der Waals surface area contributed by atoms with E-state index >= 15 is 0 Å². The van der Waals surface area contributed by atoms with E-state index in [1.165, 1.54) is 231 Å². The van der Waals surface area contributed by atoms with Gasteiger partial charge >= 0.3 is 39.5 Å². The van der Waals surface area contributed by atoms with Crippen molar-refractivity contribution in [1.29, 1.82) is 0 Å². The lowest BCUT2D eigenvalue weighted by Crippen LogP contribution is -2.30. The van der Waals surface area contributed by atoms with Gasteiger partial charge in [-0.15, -0.1) is 0 Å². The topological polar surface area (TPSA) is 237 Å². The Morgan fingerprint density at radius 2 is 0.466 bits per heavy atom. The molecule has 17 nitrogen and oxygen atoms in total. The number of esters is 4. The molecule has 0 saturated heterocycles. The van der Waals surface area contributed by atoms with Crippen LogP contribution in [-0.4, -0.2) is 96.7 Å². The van der Waals surface area contributed by atoms with Crippen molar-refractivity contribution in [3.05, 3.63) is 0 Å². The first-order valence-corrected chi connectivity index (χ1v) is 46.2. The van der Waals surface area contributed by atoms with Crippen molar-refractivity contribution in [3.63, 3.8) is 0 Å². The normalized spacial score (nSPS) is 14.2. The fourth-order valence-electron chi connectivity index (χ4n) is 12.9. The van der Waals surface area contributed by atoms with Gasteiger partial charge in [-0.1, -0.05) is 383 Å². The van der Waals surface area contributed by atoms with Crippen molar-refractivity contribution in [1.82, 2.24) is 0 Å². The molecule has 0 radical (unpaired) electrons. The number of hydrogen-bond acceptors (Lipinski definition) is 15. The summed E-state index contributed by atoms with van der Waals surface area (Å²) in [5.41, 5.74) is 0. The van der Waals surface area contributed by atoms with Crippen LogP contribution < -0.4 is 0 Å². The van der Waals surface area contributed by atoms with E-state index < -0.39 is 97.5 Å². The number of phosphoric ester groups is 2. The zero-order chi connectivity index (χ0) is 76.0. The van der Waals surface area contributed by atoms with E-state index in [2.05, 4.69) is 55.4 Å². The summed E-state index contributed by atoms with van der Waals surface area (Å²) in [7, 11) is -9.93. The standard InChI is InChI=1S/C84H164O17P2/c1-9-77(8)63-55-47-39-31-25-19-14-15-21-27-33-41-50-58-66-84(89)101-80(71-95-82(87)65-57-49-43-35-38-46-54-62-76(6)7)73-99-103(92,93)97-69-78(85)68-96-102(90,91)98-72-79(100-83(88)67-59-51-42-34-28-22-16-18-24-30-37-45-53-61-75(4)5)70-94-81(86)64-56-48-40-32-26-20-13-11-10-12-17-23-29-36-44-52-60-74(2)3/h74-80,85H,9-73H2,1-8H3,(H,90,91)(H,92,93)/t77?,78?,79-,80-/m1/s1. The predicted molar refractivity (Wildman–Crippen MR) is 423 cm³/mol. The van der Waals surface area contributed by atoms with Crippen LogP contribution in [-0.2, 0) is 65.4 Å². The van der Waals surface area contributed by atoms with Gasteiger partial charge in [-0.3, -0.25) is 37.3 Å². The highest BCUT2D eigenvalue weighted by molar-refractivity contribution is 7.47. The summed E-state index contributed by atoms with van der Waals surface area (Å²) in [6.45, 7) is 14.3. The molecule has 0 aliphatic carbocycles. The van der Waals surface area contributed by atoms with Crippen molar-refractivity contribution >= 4 is 39.5 Å². The fraction of sp³-hybridized carbons (Fsp3) is 0.952. The molecular weight excluding hydrogens is 1340 g/mol. The van der Waals surface area contributed by atoms with Crippen LogP contribution >= 0.6 is 15.6 Å². The van der Waals surface area contributed by atoms with Gasteiger partial charge in [-0.25, -0.2) is 9.13 Å². The van der Waals surface area contributed by atoms with E-state index in [4.69, 9.17) is 37.0 Å². The van der Waals surface area contributed by atoms with E-state index in [0.29, 0.717) is 31.6 Å². The number of hydrogen-bond donors (Lipinski definition) is 3. The maximum atomic E-state index is 13.1. The van der Waals surface area contributed by atoms with Crippen molar-refractivity contribution < 1.29 is 80.2 Å². The Labute approximate surface area is 632 Å². The number of aliphatic hydroxyl groups excluding tert-OH is 1. The average molecular weight is 1510 g/mol. The third-order valence-electron chi connectivity index (χ3n) is 19.9. The first kappa shape index (κ1) is 101. The number of rotatable bonds is 81. The van der Waals surface area contributed by atoms with E-state index in [-0.39, 0.29) is 25.7 Å². The smallest absolute Gasteiger partial charge is 0.462 e. The molecule has 0 aromatic rings. The Bertz CT molecular complexity index is 2010. The quantitative estimate of drug-likeness (QED) is 0.0222. The number of carbonyl (C=O) groups excluding carboxylic acids is 4. The first-order chi connectivity index (χ1) is 49.6. The van der Waals surface area contributed by atoms with E-state index in [1.807, 2.05) is 0 Å². The molecule has 3 N–H and O–H groups in total. The van der Waals surface area contributed by atoms with Gasteiger partial charge in [0.25, 0.3) is 0 Å². The average Bonchev–Trinajstić information content (AvgIpc) is 1.01. The van der Waals surface area contributed by atoms with Gasteiger partial charge in [0.05, 0.1) is 26.4 Å². The minimum atomic E-state index is -4.96. The summed E-state index contributed by atoms with van der Waals surface area (Å²) >= 11 is 0. The van der Waals surface area contributed by atoms with E-state index in [1.54, 1.807) is 0 Å². The second-order valence-corrected chi connectivity index (χ2v) is 34.8. The molecule has 0 bridgehead atoms. The molecule has 0 aromatic carbocycles. The third-order valence-corrected chi connectivity index (χ3v) is 21.8. The van der Waals surface area contributed by atoms with Gasteiger partial charge in [-0.2, -0.15) is 0 Å². The van der Waals surface area contributed by atoms with Crippen LogP contribution in [0.1, 0.15) is 434 Å². The Kier molecular flexibility index (Phi) is 71.5. The second-order valence-electron chi connectivity index (χ2n) is 31.9. The van der Waals surface area contributed by atoms with Crippen LogP contribution in [0.5, 0.6) is 0 Å². The second kappa shape index (κ2) is 72.9. The zero-order valence-electron chi connectivity index (χ0n) is 68.0. The molecule has 0 heterocycles. The van der Waals surface area contributed by atoms with Gasteiger partial charge in [-0.05, 0) is 49.4 Å². The zero-order valence-corrected chi connectivity index (χ0v) is 69.7. The molecule has 0 rings (SSSR count). The van der Waals surface area contributed by atoms with Crippen molar-refractivity contribution in [2.45, 2.75) is 453 Å². The molecular formula is C84H164O17P2. The highest BCUT2D eigenvalue weighted by atomic mass is 31.2. The first-order valence-electron chi connectivity index (χ1n) is 43.2. The molecule has 103 heavy (non-hydrogen) atoms. The summed E-state index contributed by atoms with van der Waals surface area (Å²) in [6.07, 6.45) is 61.1. The molecule has 0 aliphatic heterocycles. The van der Waals surface area contributed by atoms with Crippen LogP contribution in [0.2, 0.25) is 0 Å². The summed E-state index contributed by atoms with van der Waals surface area (Å²) < 4.78 is 68.8. The fourth-order valence-corrected chi connectivity index (χ4v) is 14.5. The third kappa shape index (κ3) is 76.6. The van der Waals surface area contributed by atoms with Gasteiger partial charge in [0, 0.05) is 25.7 Å². The molecule has 612 valence electrons. The Morgan fingerprint density at radius 3 is 0.689 bits per heavy atom. The predicted octanol–water partition coefficient (Wildman–Crippen LogP) is 25.2. The number of carbonyl (C=O) groups is 4. The van der Waals surface area contributed by atoms with Crippen LogP contribution in [0.3, 0.4) is 0 Å². The maximum Gasteiger partial charge on any atom is 0.472 e. The molecule has 0 saturated carbocycles. The van der Waals surface area contributed by atoms with E-state index in [9.17, 15) is 43.2 Å². The highest BCUT2D eigenvalue weighted by Gasteiger charge is 2.30. The molecule has 4 unspecified atom stereocenters.